The summed E-state index contributed by atoms with van der Waals surface area (Å²) >= 11 is -0.207. The molecule has 2 aromatic carbocycles. The monoisotopic (exact) mass is 439 g/mol. The van der Waals surface area contributed by atoms with Crippen LogP contribution in [0.15, 0.2) is 55.7 Å². The number of aromatic amines is 1. The maximum atomic E-state index is 12.5. The number of H-pyrrole nitrogens is 1. The van der Waals surface area contributed by atoms with Crippen molar-refractivity contribution in [3.05, 3.63) is 79.0 Å². The molecule has 11 heteroatoms. The molecular weight excluding hydrogens is 423 g/mol. The van der Waals surface area contributed by atoms with Crippen molar-refractivity contribution in [2.45, 2.75) is 24.3 Å². The molecule has 0 amide bonds. The Hall–Kier alpha value is -3.21. The first-order chi connectivity index (χ1) is 14.0. The Kier molecular flexibility index (Phi) is 5.66. The van der Waals surface area contributed by atoms with Gasteiger partial charge in [-0.25, -0.2) is 23.5 Å². The number of thioether (sulfide) groups is 1. The molecule has 0 aliphatic rings. The summed E-state index contributed by atoms with van der Waals surface area (Å²) in [6.07, 6.45) is 0. The van der Waals surface area contributed by atoms with E-state index in [0.29, 0.717) is 22.6 Å². The third-order valence-electron chi connectivity index (χ3n) is 4.22. The van der Waals surface area contributed by atoms with E-state index in [9.17, 15) is 27.6 Å². The van der Waals surface area contributed by atoms with Crippen molar-refractivity contribution in [2.24, 2.45) is 7.05 Å². The van der Waals surface area contributed by atoms with Crippen LogP contribution < -0.4 is 21.8 Å². The van der Waals surface area contributed by atoms with Crippen molar-refractivity contribution in [2.75, 3.05) is 0 Å². The van der Waals surface area contributed by atoms with Crippen LogP contribution in [-0.4, -0.2) is 19.6 Å². The van der Waals surface area contributed by atoms with Gasteiger partial charge in [0.25, 0.3) is 0 Å². The van der Waals surface area contributed by atoms with Crippen molar-refractivity contribution < 1.29 is 17.9 Å². The van der Waals surface area contributed by atoms with E-state index in [1.165, 1.54) is 43.4 Å². The van der Waals surface area contributed by atoms with Crippen LogP contribution in [0, 0.1) is 13.8 Å². The average molecular weight is 439 g/mol. The van der Waals surface area contributed by atoms with Gasteiger partial charge in [-0.2, -0.15) is 13.2 Å². The number of nitrogens with one attached hydrogen (secondary N) is 1. The van der Waals surface area contributed by atoms with E-state index in [2.05, 4.69) is 4.98 Å². The SMILES string of the molecule is Cc1cc(SC(F)(F)F)ccc1Oc1ccc(-n2c(=O)[nH]c(=O)n(C)c2=O)cc1C. The summed E-state index contributed by atoms with van der Waals surface area (Å²) in [5.41, 5.74) is -5.55. The maximum Gasteiger partial charge on any atom is 0.446 e. The van der Waals surface area contributed by atoms with Crippen LogP contribution in [0.1, 0.15) is 11.1 Å². The van der Waals surface area contributed by atoms with Crippen molar-refractivity contribution in [3.63, 3.8) is 0 Å². The number of benzene rings is 2. The van der Waals surface area contributed by atoms with Gasteiger partial charge in [0.1, 0.15) is 11.5 Å². The number of rotatable bonds is 4. The molecule has 0 saturated carbocycles. The van der Waals surface area contributed by atoms with Crippen molar-refractivity contribution in [1.82, 2.24) is 14.1 Å². The molecule has 3 aromatic rings. The van der Waals surface area contributed by atoms with Crippen molar-refractivity contribution in [3.8, 4) is 17.2 Å². The van der Waals surface area contributed by atoms with Crippen LogP contribution in [0.4, 0.5) is 13.2 Å². The van der Waals surface area contributed by atoms with Gasteiger partial charge in [0.15, 0.2) is 0 Å². The number of hydrogen-bond donors (Lipinski definition) is 1. The van der Waals surface area contributed by atoms with E-state index in [1.807, 2.05) is 0 Å². The summed E-state index contributed by atoms with van der Waals surface area (Å²) in [5.74, 6) is 0.766. The fourth-order valence-electron chi connectivity index (χ4n) is 2.72. The predicted octanol–water partition coefficient (Wildman–Crippen LogP) is 3.25. The number of alkyl halides is 3. The molecule has 3 rings (SSSR count). The van der Waals surface area contributed by atoms with Gasteiger partial charge in [-0.1, -0.05) is 0 Å². The van der Waals surface area contributed by atoms with E-state index < -0.39 is 22.6 Å². The lowest BCUT2D eigenvalue weighted by Gasteiger charge is -2.14. The first kappa shape index (κ1) is 21.5. The number of halogens is 3. The maximum absolute atomic E-state index is 12.5. The van der Waals surface area contributed by atoms with E-state index in [4.69, 9.17) is 4.74 Å². The highest BCUT2D eigenvalue weighted by molar-refractivity contribution is 8.00. The summed E-state index contributed by atoms with van der Waals surface area (Å²) in [7, 11) is 1.24. The van der Waals surface area contributed by atoms with Crippen LogP contribution in [-0.2, 0) is 7.05 Å². The topological polar surface area (TPSA) is 86.1 Å². The van der Waals surface area contributed by atoms with Gasteiger partial charge in [-0.15, -0.1) is 0 Å². The van der Waals surface area contributed by atoms with Crippen LogP contribution in [0.2, 0.25) is 0 Å². The van der Waals surface area contributed by atoms with Crippen LogP contribution in [0.3, 0.4) is 0 Å². The molecule has 30 heavy (non-hydrogen) atoms. The largest absolute Gasteiger partial charge is 0.457 e. The molecule has 1 heterocycles. The normalized spacial score (nSPS) is 11.5. The molecule has 0 bridgehead atoms. The Morgan fingerprint density at radius 1 is 0.933 bits per heavy atom. The Morgan fingerprint density at radius 3 is 2.10 bits per heavy atom. The fourth-order valence-corrected chi connectivity index (χ4v) is 3.36. The molecular formula is C19H16F3N3O4S. The molecule has 158 valence electrons. The van der Waals surface area contributed by atoms with Crippen LogP contribution >= 0.6 is 11.8 Å². The highest BCUT2D eigenvalue weighted by Crippen LogP contribution is 2.39. The number of aromatic nitrogens is 3. The summed E-state index contributed by atoms with van der Waals surface area (Å²) in [5, 5.41) is 0. The Labute approximate surface area is 171 Å². The molecule has 7 nitrogen and oxygen atoms in total. The molecule has 0 fully saturated rings. The minimum absolute atomic E-state index is 0.0488. The zero-order chi connectivity index (χ0) is 22.2. The smallest absolute Gasteiger partial charge is 0.446 e. The molecule has 0 spiro atoms. The zero-order valence-electron chi connectivity index (χ0n) is 16.0. The predicted molar refractivity (Wildman–Crippen MR) is 106 cm³/mol. The summed E-state index contributed by atoms with van der Waals surface area (Å²) in [6.45, 7) is 3.31. The second-order valence-corrected chi connectivity index (χ2v) is 7.58. The van der Waals surface area contributed by atoms with Crippen LogP contribution in [0.25, 0.3) is 5.69 Å². The highest BCUT2D eigenvalue weighted by Gasteiger charge is 2.29. The van der Waals surface area contributed by atoms with Gasteiger partial charge < -0.3 is 4.74 Å². The molecule has 0 aliphatic heterocycles. The summed E-state index contributed by atoms with van der Waals surface area (Å²) in [6, 6.07) is 8.65. The van der Waals surface area contributed by atoms with Gasteiger partial charge in [-0.05, 0) is 73.1 Å². The van der Waals surface area contributed by atoms with Crippen molar-refractivity contribution in [1.29, 1.82) is 0 Å². The quantitative estimate of drug-likeness (QED) is 0.631. The number of nitrogens with zero attached hydrogens (tertiary/aromatic N) is 2. The molecule has 0 unspecified atom stereocenters. The number of aryl methyl sites for hydroxylation is 2. The van der Waals surface area contributed by atoms with Gasteiger partial charge >= 0.3 is 22.6 Å². The Balaban J connectivity index is 1.93. The summed E-state index contributed by atoms with van der Waals surface area (Å²) < 4.78 is 44.9. The third kappa shape index (κ3) is 4.51. The van der Waals surface area contributed by atoms with E-state index in [1.54, 1.807) is 13.8 Å². The molecule has 1 aromatic heterocycles. The van der Waals surface area contributed by atoms with E-state index >= 15 is 0 Å². The molecule has 0 radical (unpaired) electrons. The second kappa shape index (κ2) is 7.90. The summed E-state index contributed by atoms with van der Waals surface area (Å²) in [4.78, 5) is 37.9. The second-order valence-electron chi connectivity index (χ2n) is 6.44. The lowest BCUT2D eigenvalue weighted by Crippen LogP contribution is -2.47. The third-order valence-corrected chi connectivity index (χ3v) is 4.94. The first-order valence-corrected chi connectivity index (χ1v) is 9.35. The lowest BCUT2D eigenvalue weighted by molar-refractivity contribution is -0.0328. The van der Waals surface area contributed by atoms with Gasteiger partial charge in [0.05, 0.1) is 5.69 Å². The van der Waals surface area contributed by atoms with E-state index in [-0.39, 0.29) is 22.3 Å². The molecule has 0 atom stereocenters. The molecule has 0 saturated heterocycles. The van der Waals surface area contributed by atoms with Gasteiger partial charge in [-0.3, -0.25) is 4.98 Å². The molecule has 0 aliphatic carbocycles. The van der Waals surface area contributed by atoms with Crippen molar-refractivity contribution >= 4 is 11.8 Å². The minimum Gasteiger partial charge on any atom is -0.457 e. The van der Waals surface area contributed by atoms with Gasteiger partial charge in [0.2, 0.25) is 0 Å². The number of ether oxygens (including phenoxy) is 1. The Bertz CT molecular complexity index is 1290. The zero-order valence-corrected chi connectivity index (χ0v) is 16.9. The fraction of sp³-hybridized carbons (Fsp3) is 0.211. The van der Waals surface area contributed by atoms with E-state index in [0.717, 1.165) is 9.13 Å². The highest BCUT2D eigenvalue weighted by atomic mass is 32.2. The number of hydrogen-bond acceptors (Lipinski definition) is 5. The average Bonchev–Trinajstić information content (AvgIpc) is 2.62. The first-order valence-electron chi connectivity index (χ1n) is 8.54. The molecule has 1 N–H and O–H groups in total. The minimum atomic E-state index is -4.38. The Morgan fingerprint density at radius 2 is 1.53 bits per heavy atom. The standard InChI is InChI=1S/C19H16F3N3O4S/c1-10-8-12(25-17(27)23-16(26)24(3)18(25)28)4-6-14(10)29-15-7-5-13(9-11(15)2)30-19(20,21)22/h4-9H,1-3H3,(H,23,26,27). The van der Waals surface area contributed by atoms with Crippen LogP contribution in [0.5, 0.6) is 11.5 Å². The van der Waals surface area contributed by atoms with Gasteiger partial charge in [0, 0.05) is 11.9 Å². The lowest BCUT2D eigenvalue weighted by atomic mass is 10.2.